The van der Waals surface area contributed by atoms with Gasteiger partial charge in [-0.05, 0) is 13.0 Å². The van der Waals surface area contributed by atoms with Crippen LogP contribution in [0, 0.1) is 6.92 Å². The highest BCUT2D eigenvalue weighted by atomic mass is 32.1. The van der Waals surface area contributed by atoms with Gasteiger partial charge in [0.2, 0.25) is 0 Å². The number of hydrogen-bond acceptors (Lipinski definition) is 3. The van der Waals surface area contributed by atoms with Crippen LogP contribution in [-0.2, 0) is 0 Å². The van der Waals surface area contributed by atoms with Gasteiger partial charge < -0.3 is 5.11 Å². The van der Waals surface area contributed by atoms with Crippen molar-refractivity contribution >= 4 is 17.4 Å². The van der Waals surface area contributed by atoms with Crippen LogP contribution in [0.1, 0.15) is 9.88 Å². The molecule has 3 heteroatoms. The van der Waals surface area contributed by atoms with E-state index in [1.54, 1.807) is 23.6 Å². The largest absolute Gasteiger partial charge is 0.392 e. The molecule has 0 unspecified atom stereocenters. The highest BCUT2D eigenvalue weighted by Crippen LogP contribution is 2.12. The fourth-order valence-corrected chi connectivity index (χ4v) is 1.34. The van der Waals surface area contributed by atoms with E-state index in [0.29, 0.717) is 0 Å². The van der Waals surface area contributed by atoms with Gasteiger partial charge in [0, 0.05) is 11.1 Å². The minimum atomic E-state index is 0.0942. The molecule has 2 nitrogen and oxygen atoms in total. The maximum atomic E-state index is 8.43. The fourth-order valence-electron chi connectivity index (χ4n) is 0.624. The quantitative estimate of drug-likeness (QED) is 0.701. The summed E-state index contributed by atoms with van der Waals surface area (Å²) in [4.78, 5) is 5.14. The number of nitrogens with zero attached hydrogens (tertiary/aromatic N) is 1. The Morgan fingerprint density at radius 1 is 1.80 bits per heavy atom. The van der Waals surface area contributed by atoms with Gasteiger partial charge in [-0.25, -0.2) is 4.98 Å². The van der Waals surface area contributed by atoms with E-state index < -0.39 is 0 Å². The second kappa shape index (κ2) is 3.49. The molecule has 0 aliphatic heterocycles. The predicted octanol–water partition coefficient (Wildman–Crippen LogP) is 1.46. The van der Waals surface area contributed by atoms with Crippen LogP contribution in [0.25, 0.3) is 6.08 Å². The average Bonchev–Trinajstić information content (AvgIpc) is 2.31. The summed E-state index contributed by atoms with van der Waals surface area (Å²) in [6, 6.07) is 0. The first-order valence-electron chi connectivity index (χ1n) is 3.03. The first-order valence-corrected chi connectivity index (χ1v) is 3.84. The van der Waals surface area contributed by atoms with Crippen molar-refractivity contribution in [3.8, 4) is 0 Å². The molecule has 10 heavy (non-hydrogen) atoms. The first kappa shape index (κ1) is 7.44. The van der Waals surface area contributed by atoms with E-state index in [-0.39, 0.29) is 6.61 Å². The van der Waals surface area contributed by atoms with Crippen LogP contribution in [0.4, 0.5) is 0 Å². The zero-order valence-electron chi connectivity index (χ0n) is 5.74. The zero-order chi connectivity index (χ0) is 7.40. The Balaban J connectivity index is 2.67. The summed E-state index contributed by atoms with van der Waals surface area (Å²) in [5.41, 5.74) is 0. The lowest BCUT2D eigenvalue weighted by Crippen LogP contribution is -1.68. The summed E-state index contributed by atoms with van der Waals surface area (Å²) in [6.45, 7) is 2.05. The topological polar surface area (TPSA) is 33.1 Å². The summed E-state index contributed by atoms with van der Waals surface area (Å²) < 4.78 is 0. The second-order valence-electron chi connectivity index (χ2n) is 1.87. The Hall–Kier alpha value is -0.670. The second-order valence-corrected chi connectivity index (χ2v) is 3.13. The number of aromatic nitrogens is 1. The molecular weight excluding hydrogens is 146 g/mol. The monoisotopic (exact) mass is 155 g/mol. The SMILES string of the molecule is Cc1ncc(/C=C/CO)s1. The van der Waals surface area contributed by atoms with Crippen LogP contribution in [0.5, 0.6) is 0 Å². The summed E-state index contributed by atoms with van der Waals surface area (Å²) in [5, 5.41) is 9.49. The van der Waals surface area contributed by atoms with Crippen LogP contribution in [0.2, 0.25) is 0 Å². The molecule has 0 saturated heterocycles. The zero-order valence-corrected chi connectivity index (χ0v) is 6.56. The summed E-state index contributed by atoms with van der Waals surface area (Å²) in [6.07, 6.45) is 5.36. The molecule has 1 N–H and O–H groups in total. The fraction of sp³-hybridized carbons (Fsp3) is 0.286. The molecule has 0 aliphatic carbocycles. The minimum Gasteiger partial charge on any atom is -0.392 e. The van der Waals surface area contributed by atoms with E-state index in [9.17, 15) is 0 Å². The van der Waals surface area contributed by atoms with Crippen molar-refractivity contribution in [2.75, 3.05) is 6.61 Å². The van der Waals surface area contributed by atoms with Gasteiger partial charge >= 0.3 is 0 Å². The van der Waals surface area contributed by atoms with Crippen LogP contribution >= 0.6 is 11.3 Å². The van der Waals surface area contributed by atoms with Crippen molar-refractivity contribution < 1.29 is 5.11 Å². The summed E-state index contributed by atoms with van der Waals surface area (Å²) in [5.74, 6) is 0. The third-order valence-electron chi connectivity index (χ3n) is 1.03. The normalized spacial score (nSPS) is 11.0. The van der Waals surface area contributed by atoms with Gasteiger partial charge in [0.1, 0.15) is 0 Å². The maximum Gasteiger partial charge on any atom is 0.0900 e. The lowest BCUT2D eigenvalue weighted by Gasteiger charge is -1.78. The molecule has 0 bridgehead atoms. The van der Waals surface area contributed by atoms with E-state index in [1.165, 1.54) is 0 Å². The van der Waals surface area contributed by atoms with Gasteiger partial charge in [0.15, 0.2) is 0 Å². The van der Waals surface area contributed by atoms with Gasteiger partial charge in [-0.2, -0.15) is 0 Å². The molecule has 0 amide bonds. The van der Waals surface area contributed by atoms with Gasteiger partial charge in [0.05, 0.1) is 11.6 Å². The summed E-state index contributed by atoms with van der Waals surface area (Å²) in [7, 11) is 0. The van der Waals surface area contributed by atoms with E-state index in [1.807, 2.05) is 13.0 Å². The van der Waals surface area contributed by atoms with Crippen LogP contribution in [0.15, 0.2) is 12.3 Å². The third-order valence-corrected chi connectivity index (χ3v) is 1.90. The molecule has 1 rings (SSSR count). The molecule has 0 spiro atoms. The summed E-state index contributed by atoms with van der Waals surface area (Å²) >= 11 is 1.62. The highest BCUT2D eigenvalue weighted by Gasteiger charge is 1.90. The number of aryl methyl sites for hydroxylation is 1. The van der Waals surface area contributed by atoms with Crippen molar-refractivity contribution in [2.45, 2.75) is 6.92 Å². The number of aliphatic hydroxyl groups is 1. The Morgan fingerprint density at radius 3 is 3.10 bits per heavy atom. The van der Waals surface area contributed by atoms with Crippen LogP contribution < -0.4 is 0 Å². The van der Waals surface area contributed by atoms with E-state index in [2.05, 4.69) is 4.98 Å². The van der Waals surface area contributed by atoms with Crippen molar-refractivity contribution in [2.24, 2.45) is 0 Å². The highest BCUT2D eigenvalue weighted by molar-refractivity contribution is 7.12. The maximum absolute atomic E-state index is 8.43. The molecular formula is C7H9NOS. The number of thiazole rings is 1. The Bertz CT molecular complexity index is 229. The standard InChI is InChI=1S/C7H9NOS/c1-6-8-5-7(10-6)3-2-4-9/h2-3,5,9H,4H2,1H3/b3-2+. The van der Waals surface area contributed by atoms with Gasteiger partial charge in [0.25, 0.3) is 0 Å². The van der Waals surface area contributed by atoms with Crippen LogP contribution in [-0.4, -0.2) is 16.7 Å². The number of rotatable bonds is 2. The predicted molar refractivity (Wildman–Crippen MR) is 43.0 cm³/mol. The lowest BCUT2D eigenvalue weighted by molar-refractivity contribution is 0.343. The van der Waals surface area contributed by atoms with E-state index >= 15 is 0 Å². The number of aliphatic hydroxyl groups excluding tert-OH is 1. The van der Waals surface area contributed by atoms with E-state index in [0.717, 1.165) is 9.88 Å². The molecule has 0 atom stereocenters. The van der Waals surface area contributed by atoms with Crippen molar-refractivity contribution in [1.82, 2.24) is 4.98 Å². The van der Waals surface area contributed by atoms with E-state index in [4.69, 9.17) is 5.11 Å². The van der Waals surface area contributed by atoms with Gasteiger partial charge in [-0.3, -0.25) is 0 Å². The first-order chi connectivity index (χ1) is 4.83. The van der Waals surface area contributed by atoms with Crippen LogP contribution in [0.3, 0.4) is 0 Å². The van der Waals surface area contributed by atoms with Crippen molar-refractivity contribution in [3.05, 3.63) is 22.2 Å². The Labute approximate surface area is 63.9 Å². The average molecular weight is 155 g/mol. The van der Waals surface area contributed by atoms with Gasteiger partial charge in [-0.1, -0.05) is 6.08 Å². The Kier molecular flexibility index (Phi) is 2.59. The smallest absolute Gasteiger partial charge is 0.0900 e. The number of hydrogen-bond donors (Lipinski definition) is 1. The molecule has 0 aromatic carbocycles. The molecule has 54 valence electrons. The Morgan fingerprint density at radius 2 is 2.60 bits per heavy atom. The van der Waals surface area contributed by atoms with Gasteiger partial charge in [-0.15, -0.1) is 11.3 Å². The molecule has 0 saturated carbocycles. The minimum absolute atomic E-state index is 0.0942. The molecule has 0 fully saturated rings. The molecule has 0 radical (unpaired) electrons. The third kappa shape index (κ3) is 1.93. The van der Waals surface area contributed by atoms with Crippen molar-refractivity contribution in [3.63, 3.8) is 0 Å². The molecule has 1 aromatic rings. The molecule has 1 aromatic heterocycles. The molecule has 1 heterocycles. The van der Waals surface area contributed by atoms with Crippen molar-refractivity contribution in [1.29, 1.82) is 0 Å². The lowest BCUT2D eigenvalue weighted by atomic mass is 10.5. The molecule has 0 aliphatic rings.